The second-order valence-corrected chi connectivity index (χ2v) is 7.43. The predicted molar refractivity (Wildman–Crippen MR) is 111 cm³/mol. The van der Waals surface area contributed by atoms with Crippen molar-refractivity contribution in [2.75, 3.05) is 13.1 Å². The Bertz CT molecular complexity index is 1080. The van der Waals surface area contributed by atoms with Gasteiger partial charge < -0.3 is 4.42 Å². The van der Waals surface area contributed by atoms with E-state index >= 15 is 0 Å². The van der Waals surface area contributed by atoms with Gasteiger partial charge in [-0.2, -0.15) is 5.10 Å². The molecule has 0 aliphatic carbocycles. The van der Waals surface area contributed by atoms with Crippen LogP contribution in [0.1, 0.15) is 16.8 Å². The fourth-order valence-corrected chi connectivity index (χ4v) is 4.04. The Morgan fingerprint density at radius 1 is 0.966 bits per heavy atom. The van der Waals surface area contributed by atoms with E-state index < -0.39 is 0 Å². The normalized spacial score (nSPS) is 14.5. The molecule has 0 bridgehead atoms. The average Bonchev–Trinajstić information content (AvgIpc) is 3.34. The summed E-state index contributed by atoms with van der Waals surface area (Å²) in [5.74, 6) is 1.32. The third-order valence-electron chi connectivity index (χ3n) is 5.52. The van der Waals surface area contributed by atoms with Crippen LogP contribution in [-0.4, -0.2) is 37.7 Å². The lowest BCUT2D eigenvalue weighted by molar-refractivity contribution is 0.277. The van der Waals surface area contributed by atoms with Gasteiger partial charge in [-0.1, -0.05) is 30.3 Å². The largest absolute Gasteiger partial charge is 0.461 e. The third-order valence-corrected chi connectivity index (χ3v) is 5.52. The fourth-order valence-electron chi connectivity index (χ4n) is 4.04. The van der Waals surface area contributed by atoms with E-state index in [0.717, 1.165) is 43.7 Å². The van der Waals surface area contributed by atoms with Gasteiger partial charge >= 0.3 is 0 Å². The van der Waals surface area contributed by atoms with Gasteiger partial charge in [0.2, 0.25) is 0 Å². The second kappa shape index (κ2) is 7.64. The number of hydrogen-bond acceptors (Lipinski definition) is 5. The summed E-state index contributed by atoms with van der Waals surface area (Å²) in [5, 5.41) is 4.82. The molecule has 3 aromatic heterocycles. The van der Waals surface area contributed by atoms with Gasteiger partial charge in [0.05, 0.1) is 12.0 Å². The van der Waals surface area contributed by atoms with Crippen molar-refractivity contribution in [2.45, 2.75) is 19.4 Å². The first kappa shape index (κ1) is 17.8. The van der Waals surface area contributed by atoms with Crippen LogP contribution in [0.15, 0.2) is 65.5 Å². The number of hydrogen-bond donors (Lipinski definition) is 0. The van der Waals surface area contributed by atoms with Crippen LogP contribution in [0.3, 0.4) is 0 Å². The molecule has 0 N–H and O–H groups in total. The Labute approximate surface area is 169 Å². The number of benzene rings is 1. The van der Waals surface area contributed by atoms with Crippen molar-refractivity contribution < 1.29 is 4.42 Å². The number of rotatable bonds is 4. The van der Waals surface area contributed by atoms with Crippen LogP contribution in [0, 0.1) is 0 Å². The molecule has 4 aromatic rings. The molecule has 0 saturated heterocycles. The zero-order chi connectivity index (χ0) is 19.6. The molecule has 0 atom stereocenters. The van der Waals surface area contributed by atoms with Gasteiger partial charge in [0.15, 0.2) is 11.6 Å². The van der Waals surface area contributed by atoms with Gasteiger partial charge in [0, 0.05) is 67.9 Å². The van der Waals surface area contributed by atoms with Crippen molar-refractivity contribution in [1.29, 1.82) is 0 Å². The van der Waals surface area contributed by atoms with Crippen molar-refractivity contribution in [3.05, 3.63) is 77.9 Å². The Kier molecular flexibility index (Phi) is 4.69. The highest BCUT2D eigenvalue weighted by Crippen LogP contribution is 2.28. The summed E-state index contributed by atoms with van der Waals surface area (Å²) in [7, 11) is 2.06. The monoisotopic (exact) mass is 385 g/mol. The number of furan rings is 1. The van der Waals surface area contributed by atoms with E-state index in [4.69, 9.17) is 9.52 Å². The molecule has 1 aromatic carbocycles. The molecule has 6 nitrogen and oxygen atoms in total. The summed E-state index contributed by atoms with van der Waals surface area (Å²) in [6, 6.07) is 14.2. The summed E-state index contributed by atoms with van der Waals surface area (Å²) in [6.07, 6.45) is 7.44. The fraction of sp³-hybridized carbons (Fsp3) is 0.261. The van der Waals surface area contributed by atoms with E-state index in [1.54, 1.807) is 6.26 Å². The molecule has 4 heterocycles. The lowest BCUT2D eigenvalue weighted by Crippen LogP contribution is -2.26. The van der Waals surface area contributed by atoms with E-state index in [-0.39, 0.29) is 0 Å². The van der Waals surface area contributed by atoms with Gasteiger partial charge in [0.1, 0.15) is 0 Å². The molecule has 0 saturated carbocycles. The zero-order valence-corrected chi connectivity index (χ0v) is 16.5. The molecular weight excluding hydrogens is 362 g/mol. The zero-order valence-electron chi connectivity index (χ0n) is 16.5. The molecule has 6 heteroatoms. The van der Waals surface area contributed by atoms with E-state index in [0.29, 0.717) is 11.6 Å². The predicted octanol–water partition coefficient (Wildman–Crippen LogP) is 3.74. The standard InChI is InChI=1S/C23H23N5O/c1-27-20-10-12-28(11-9-19(20)22(26-27)18-6-3-2-4-7-18)16-17-14-24-23(25-15-17)21-8-5-13-29-21/h2-8,13-15H,9-12,16H2,1H3. The van der Waals surface area contributed by atoms with Crippen molar-refractivity contribution in [3.63, 3.8) is 0 Å². The SMILES string of the molecule is Cn1nc(-c2ccccc2)c2c1CCN(Cc1cnc(-c3ccco3)nc1)CC2. The quantitative estimate of drug-likeness (QED) is 0.536. The summed E-state index contributed by atoms with van der Waals surface area (Å²) in [5.41, 5.74) is 6.16. The smallest absolute Gasteiger partial charge is 0.195 e. The number of fused-ring (bicyclic) bond motifs is 1. The lowest BCUT2D eigenvalue weighted by atomic mass is 10.0. The van der Waals surface area contributed by atoms with Gasteiger partial charge in [-0.25, -0.2) is 9.97 Å². The average molecular weight is 385 g/mol. The molecule has 0 spiro atoms. The van der Waals surface area contributed by atoms with E-state index in [1.807, 2.05) is 30.6 Å². The molecule has 29 heavy (non-hydrogen) atoms. The first-order chi connectivity index (χ1) is 14.3. The maximum atomic E-state index is 5.37. The van der Waals surface area contributed by atoms with Crippen LogP contribution in [0.4, 0.5) is 0 Å². The van der Waals surface area contributed by atoms with Crippen LogP contribution >= 0.6 is 0 Å². The van der Waals surface area contributed by atoms with E-state index in [2.05, 4.69) is 50.9 Å². The third kappa shape index (κ3) is 3.59. The molecule has 146 valence electrons. The van der Waals surface area contributed by atoms with Gasteiger partial charge in [-0.3, -0.25) is 9.58 Å². The van der Waals surface area contributed by atoms with Crippen LogP contribution in [0.25, 0.3) is 22.8 Å². The number of nitrogens with zero attached hydrogens (tertiary/aromatic N) is 5. The molecule has 5 rings (SSSR count). The number of aryl methyl sites for hydroxylation is 1. The number of aromatic nitrogens is 4. The Balaban J connectivity index is 1.31. The van der Waals surface area contributed by atoms with E-state index in [9.17, 15) is 0 Å². The molecule has 0 amide bonds. The minimum atomic E-state index is 0.626. The Morgan fingerprint density at radius 2 is 1.76 bits per heavy atom. The van der Waals surface area contributed by atoms with Crippen LogP contribution in [0.2, 0.25) is 0 Å². The first-order valence-electron chi connectivity index (χ1n) is 9.95. The minimum absolute atomic E-state index is 0.626. The van der Waals surface area contributed by atoms with Crippen molar-refractivity contribution in [2.24, 2.45) is 7.05 Å². The maximum Gasteiger partial charge on any atom is 0.195 e. The van der Waals surface area contributed by atoms with Crippen molar-refractivity contribution in [3.8, 4) is 22.8 Å². The summed E-state index contributed by atoms with van der Waals surface area (Å²) >= 11 is 0. The van der Waals surface area contributed by atoms with Gasteiger partial charge in [-0.15, -0.1) is 0 Å². The highest BCUT2D eigenvalue weighted by atomic mass is 16.3. The van der Waals surface area contributed by atoms with E-state index in [1.165, 1.54) is 16.8 Å². The van der Waals surface area contributed by atoms with Gasteiger partial charge in [0.25, 0.3) is 0 Å². The van der Waals surface area contributed by atoms with Crippen molar-refractivity contribution >= 4 is 0 Å². The summed E-state index contributed by atoms with van der Waals surface area (Å²) in [6.45, 7) is 2.85. The Hall–Kier alpha value is -3.25. The minimum Gasteiger partial charge on any atom is -0.461 e. The van der Waals surface area contributed by atoms with Crippen LogP contribution in [0.5, 0.6) is 0 Å². The summed E-state index contributed by atoms with van der Waals surface area (Å²) < 4.78 is 7.43. The Morgan fingerprint density at radius 3 is 2.52 bits per heavy atom. The molecule has 1 aliphatic rings. The molecule has 0 radical (unpaired) electrons. The molecular formula is C23H23N5O. The van der Waals surface area contributed by atoms with Gasteiger partial charge in [-0.05, 0) is 18.6 Å². The molecule has 0 unspecified atom stereocenters. The molecule has 1 aliphatic heterocycles. The second-order valence-electron chi connectivity index (χ2n) is 7.43. The molecule has 0 fully saturated rings. The topological polar surface area (TPSA) is 60.0 Å². The summed E-state index contributed by atoms with van der Waals surface area (Å²) in [4.78, 5) is 11.4. The van der Waals surface area contributed by atoms with Crippen LogP contribution in [-0.2, 0) is 26.4 Å². The maximum absolute atomic E-state index is 5.37. The first-order valence-corrected chi connectivity index (χ1v) is 9.95. The highest BCUT2D eigenvalue weighted by Gasteiger charge is 2.22. The highest BCUT2D eigenvalue weighted by molar-refractivity contribution is 5.64. The van der Waals surface area contributed by atoms with Crippen LogP contribution < -0.4 is 0 Å². The van der Waals surface area contributed by atoms with Crippen molar-refractivity contribution in [1.82, 2.24) is 24.6 Å². The lowest BCUT2D eigenvalue weighted by Gasteiger charge is -2.19.